The third kappa shape index (κ3) is 33.1. The SMILES string of the molecule is C=CC(=O)CCCCCC(=O)OC(=O)CCCCCCCCCCCCCCCCCCCCCCCCCCCC. The van der Waals surface area contributed by atoms with E-state index in [0.717, 1.165) is 32.1 Å². The lowest BCUT2D eigenvalue weighted by molar-refractivity contribution is -0.159. The van der Waals surface area contributed by atoms with Crippen molar-refractivity contribution in [2.24, 2.45) is 0 Å². The minimum Gasteiger partial charge on any atom is -0.393 e. The summed E-state index contributed by atoms with van der Waals surface area (Å²) in [7, 11) is 0. The van der Waals surface area contributed by atoms with Crippen molar-refractivity contribution in [2.45, 2.75) is 212 Å². The van der Waals surface area contributed by atoms with Gasteiger partial charge in [-0.05, 0) is 25.3 Å². The van der Waals surface area contributed by atoms with Crippen LogP contribution in [0.2, 0.25) is 0 Å². The monoisotopic (exact) mass is 591 g/mol. The molecule has 4 heteroatoms. The fourth-order valence-electron chi connectivity index (χ4n) is 5.66. The summed E-state index contributed by atoms with van der Waals surface area (Å²) in [5, 5.41) is 0. The van der Waals surface area contributed by atoms with Crippen molar-refractivity contribution in [3.63, 3.8) is 0 Å². The van der Waals surface area contributed by atoms with Gasteiger partial charge in [0.25, 0.3) is 0 Å². The number of hydrogen-bond acceptors (Lipinski definition) is 4. The van der Waals surface area contributed by atoms with Crippen LogP contribution in [-0.2, 0) is 19.1 Å². The number of esters is 2. The summed E-state index contributed by atoms with van der Waals surface area (Å²) < 4.78 is 4.90. The third-order valence-corrected chi connectivity index (χ3v) is 8.49. The molecule has 0 aromatic rings. The van der Waals surface area contributed by atoms with Gasteiger partial charge in [-0.2, -0.15) is 0 Å². The van der Waals surface area contributed by atoms with E-state index < -0.39 is 11.9 Å². The van der Waals surface area contributed by atoms with E-state index in [-0.39, 0.29) is 12.2 Å². The molecule has 0 unspecified atom stereocenters. The van der Waals surface area contributed by atoms with Gasteiger partial charge in [-0.25, -0.2) is 0 Å². The van der Waals surface area contributed by atoms with E-state index in [2.05, 4.69) is 13.5 Å². The van der Waals surface area contributed by atoms with E-state index >= 15 is 0 Å². The number of ether oxygens (including phenoxy) is 1. The molecular weight excluding hydrogens is 520 g/mol. The molecule has 42 heavy (non-hydrogen) atoms. The maximum absolute atomic E-state index is 11.8. The molecule has 0 bridgehead atoms. The van der Waals surface area contributed by atoms with E-state index in [1.54, 1.807) is 0 Å². The Balaban J connectivity index is 3.22. The van der Waals surface area contributed by atoms with Gasteiger partial charge < -0.3 is 4.74 Å². The Kier molecular flexibility index (Phi) is 32.9. The van der Waals surface area contributed by atoms with Crippen LogP contribution in [-0.4, -0.2) is 17.7 Å². The van der Waals surface area contributed by atoms with E-state index in [4.69, 9.17) is 4.74 Å². The molecule has 4 nitrogen and oxygen atoms in total. The topological polar surface area (TPSA) is 60.4 Å². The standard InChI is InChI=1S/C38H70O4/c1-3-5-6-7-8-9-10-11-12-13-14-15-16-17-18-19-20-21-22-23-24-25-26-27-28-31-34-37(40)42-38(41)35-32-29-30-33-36(39)4-2/h4H,2-3,5-35H2,1H3. The second-order valence-corrected chi connectivity index (χ2v) is 12.7. The van der Waals surface area contributed by atoms with E-state index in [1.165, 1.54) is 154 Å². The molecule has 0 spiro atoms. The van der Waals surface area contributed by atoms with Crippen molar-refractivity contribution < 1.29 is 19.1 Å². The van der Waals surface area contributed by atoms with Gasteiger partial charge in [0, 0.05) is 19.3 Å². The molecule has 0 atom stereocenters. The molecule has 0 saturated heterocycles. The Labute approximate surface area is 261 Å². The number of ketones is 1. The van der Waals surface area contributed by atoms with Crippen LogP contribution < -0.4 is 0 Å². The van der Waals surface area contributed by atoms with Gasteiger partial charge in [0.15, 0.2) is 5.78 Å². The number of rotatable bonds is 34. The minimum atomic E-state index is -0.440. The lowest BCUT2D eigenvalue weighted by Gasteiger charge is -2.05. The molecule has 0 fully saturated rings. The first-order chi connectivity index (χ1) is 20.6. The smallest absolute Gasteiger partial charge is 0.313 e. The van der Waals surface area contributed by atoms with Gasteiger partial charge in [-0.15, -0.1) is 0 Å². The van der Waals surface area contributed by atoms with Gasteiger partial charge in [-0.3, -0.25) is 14.4 Å². The summed E-state index contributed by atoms with van der Waals surface area (Å²) in [6.07, 6.45) is 40.0. The molecule has 0 amide bonds. The molecule has 246 valence electrons. The zero-order valence-electron chi connectivity index (χ0n) is 28.0. The van der Waals surface area contributed by atoms with Crippen molar-refractivity contribution in [2.75, 3.05) is 0 Å². The predicted octanol–water partition coefficient (Wildman–Crippen LogP) is 12.3. The van der Waals surface area contributed by atoms with Crippen LogP contribution in [0.3, 0.4) is 0 Å². The third-order valence-electron chi connectivity index (χ3n) is 8.49. The Bertz CT molecular complexity index is 627. The van der Waals surface area contributed by atoms with Crippen molar-refractivity contribution in [1.82, 2.24) is 0 Å². The first-order valence-corrected chi connectivity index (χ1v) is 18.5. The molecule has 0 N–H and O–H groups in total. The molecule has 0 aliphatic carbocycles. The highest BCUT2D eigenvalue weighted by Gasteiger charge is 2.10. The summed E-state index contributed by atoms with van der Waals surface area (Å²) in [5.41, 5.74) is 0. The first kappa shape index (κ1) is 40.5. The first-order valence-electron chi connectivity index (χ1n) is 18.5. The van der Waals surface area contributed by atoms with Crippen LogP contribution in [0.4, 0.5) is 0 Å². The minimum absolute atomic E-state index is 0.0312. The summed E-state index contributed by atoms with van der Waals surface area (Å²) in [6, 6.07) is 0. The quantitative estimate of drug-likeness (QED) is 0.0324. The second-order valence-electron chi connectivity index (χ2n) is 12.7. The zero-order chi connectivity index (χ0) is 30.8. The molecule has 0 aliphatic heterocycles. The zero-order valence-corrected chi connectivity index (χ0v) is 28.0. The highest BCUT2D eigenvalue weighted by molar-refractivity contribution is 5.89. The largest absolute Gasteiger partial charge is 0.393 e. The Morgan fingerprint density at radius 2 is 0.643 bits per heavy atom. The molecule has 0 aromatic heterocycles. The van der Waals surface area contributed by atoms with Gasteiger partial charge in [0.2, 0.25) is 0 Å². The Morgan fingerprint density at radius 1 is 0.405 bits per heavy atom. The van der Waals surface area contributed by atoms with Crippen molar-refractivity contribution in [3.05, 3.63) is 12.7 Å². The number of unbranched alkanes of at least 4 members (excludes halogenated alkanes) is 27. The number of hydrogen-bond donors (Lipinski definition) is 0. The molecule has 0 aromatic carbocycles. The molecule has 0 rings (SSSR count). The van der Waals surface area contributed by atoms with E-state index in [9.17, 15) is 14.4 Å². The summed E-state index contributed by atoms with van der Waals surface area (Å²) in [4.78, 5) is 34.7. The molecule has 0 aliphatic rings. The molecular formula is C38H70O4. The number of carbonyl (C=O) groups is 3. The van der Waals surface area contributed by atoms with Crippen LogP contribution in [0.1, 0.15) is 212 Å². The van der Waals surface area contributed by atoms with Gasteiger partial charge in [0.1, 0.15) is 0 Å². The molecule has 0 saturated carbocycles. The van der Waals surface area contributed by atoms with Gasteiger partial charge >= 0.3 is 11.9 Å². The fraction of sp³-hybridized carbons (Fsp3) is 0.868. The van der Waals surface area contributed by atoms with Crippen molar-refractivity contribution >= 4 is 17.7 Å². The lowest BCUT2D eigenvalue weighted by Crippen LogP contribution is -2.11. The second kappa shape index (κ2) is 34.0. The lowest BCUT2D eigenvalue weighted by atomic mass is 10.0. The average Bonchev–Trinajstić information content (AvgIpc) is 2.98. The summed E-state index contributed by atoms with van der Waals surface area (Å²) >= 11 is 0. The maximum atomic E-state index is 11.8. The van der Waals surface area contributed by atoms with Crippen LogP contribution in [0.5, 0.6) is 0 Å². The van der Waals surface area contributed by atoms with Crippen LogP contribution >= 0.6 is 0 Å². The fourth-order valence-corrected chi connectivity index (χ4v) is 5.66. The van der Waals surface area contributed by atoms with E-state index in [1.807, 2.05) is 0 Å². The maximum Gasteiger partial charge on any atom is 0.313 e. The van der Waals surface area contributed by atoms with Crippen molar-refractivity contribution in [1.29, 1.82) is 0 Å². The number of allylic oxidation sites excluding steroid dienone is 1. The molecule has 0 heterocycles. The summed E-state index contributed by atoms with van der Waals surface area (Å²) in [5.74, 6) is -0.806. The Morgan fingerprint density at radius 3 is 0.929 bits per heavy atom. The highest BCUT2D eigenvalue weighted by Crippen LogP contribution is 2.16. The normalized spacial score (nSPS) is 11.1. The highest BCUT2D eigenvalue weighted by atomic mass is 16.6. The molecule has 0 radical (unpaired) electrons. The summed E-state index contributed by atoms with van der Waals surface area (Å²) in [6.45, 7) is 5.74. The predicted molar refractivity (Wildman–Crippen MR) is 180 cm³/mol. The van der Waals surface area contributed by atoms with Gasteiger partial charge in [0.05, 0.1) is 0 Å². The van der Waals surface area contributed by atoms with Crippen LogP contribution in [0.15, 0.2) is 12.7 Å². The van der Waals surface area contributed by atoms with E-state index in [0.29, 0.717) is 19.3 Å². The van der Waals surface area contributed by atoms with Gasteiger partial charge in [-0.1, -0.05) is 180 Å². The average molecular weight is 591 g/mol. The number of carbonyl (C=O) groups excluding carboxylic acids is 3. The van der Waals surface area contributed by atoms with Crippen molar-refractivity contribution in [3.8, 4) is 0 Å². The Hall–Kier alpha value is -1.45. The van der Waals surface area contributed by atoms with Crippen LogP contribution in [0.25, 0.3) is 0 Å². The van der Waals surface area contributed by atoms with Crippen LogP contribution in [0, 0.1) is 0 Å².